The lowest BCUT2D eigenvalue weighted by atomic mass is 9.95. The Hall–Kier alpha value is -1.10. The van der Waals surface area contributed by atoms with Crippen molar-refractivity contribution in [2.75, 3.05) is 13.7 Å². The molecule has 0 aromatic heterocycles. The Balaban J connectivity index is 2.44. The van der Waals surface area contributed by atoms with E-state index in [0.717, 1.165) is 6.42 Å². The van der Waals surface area contributed by atoms with Gasteiger partial charge in [-0.05, 0) is 19.8 Å². The fourth-order valence-electron chi connectivity index (χ4n) is 2.03. The van der Waals surface area contributed by atoms with Crippen molar-refractivity contribution in [2.24, 2.45) is 11.8 Å². The van der Waals surface area contributed by atoms with Gasteiger partial charge in [0.05, 0.1) is 17.9 Å². The Bertz CT molecular complexity index is 267. The highest BCUT2D eigenvalue weighted by molar-refractivity contribution is 5.85. The summed E-state index contributed by atoms with van der Waals surface area (Å²) >= 11 is 0. The van der Waals surface area contributed by atoms with Crippen LogP contribution in [0.25, 0.3) is 0 Å². The third-order valence-electron chi connectivity index (χ3n) is 3.14. The predicted molar refractivity (Wildman–Crippen MR) is 57.9 cm³/mol. The molecule has 1 amide bonds. The number of nitrogens with one attached hydrogen (secondary N) is 1. The van der Waals surface area contributed by atoms with E-state index in [0.29, 0.717) is 19.4 Å². The van der Waals surface area contributed by atoms with Crippen LogP contribution in [0.5, 0.6) is 0 Å². The summed E-state index contributed by atoms with van der Waals surface area (Å²) in [6, 6.07) is 0. The van der Waals surface area contributed by atoms with Crippen molar-refractivity contribution in [3.63, 3.8) is 0 Å². The van der Waals surface area contributed by atoms with Gasteiger partial charge in [0.15, 0.2) is 0 Å². The quantitative estimate of drug-likeness (QED) is 0.725. The molecule has 92 valence electrons. The van der Waals surface area contributed by atoms with Crippen LogP contribution in [0, 0.1) is 11.8 Å². The topological polar surface area (TPSA) is 75.6 Å². The van der Waals surface area contributed by atoms with Crippen LogP contribution >= 0.6 is 0 Å². The summed E-state index contributed by atoms with van der Waals surface area (Å²) in [5, 5.41) is 11.7. The largest absolute Gasteiger partial charge is 0.481 e. The summed E-state index contributed by atoms with van der Waals surface area (Å²) in [6.07, 6.45) is 2.04. The van der Waals surface area contributed by atoms with Crippen molar-refractivity contribution < 1.29 is 19.4 Å². The molecule has 3 atom stereocenters. The summed E-state index contributed by atoms with van der Waals surface area (Å²) < 4.78 is 5.01. The summed E-state index contributed by atoms with van der Waals surface area (Å²) in [5.74, 6) is -1.91. The van der Waals surface area contributed by atoms with E-state index in [1.807, 2.05) is 6.92 Å². The van der Waals surface area contributed by atoms with Gasteiger partial charge < -0.3 is 15.2 Å². The van der Waals surface area contributed by atoms with E-state index in [2.05, 4.69) is 5.32 Å². The molecular weight excluding hydrogens is 210 g/mol. The van der Waals surface area contributed by atoms with Gasteiger partial charge in [-0.1, -0.05) is 6.42 Å². The number of amides is 1. The molecule has 0 aliphatic heterocycles. The van der Waals surface area contributed by atoms with Crippen LogP contribution in [-0.2, 0) is 14.3 Å². The molecular formula is C11H19NO4. The molecule has 0 aromatic carbocycles. The summed E-state index contributed by atoms with van der Waals surface area (Å²) in [7, 11) is 1.58. The van der Waals surface area contributed by atoms with E-state index in [-0.39, 0.29) is 17.9 Å². The molecule has 5 nitrogen and oxygen atoms in total. The first-order chi connectivity index (χ1) is 7.56. The molecule has 0 bridgehead atoms. The number of aliphatic carboxylic acids is 1. The maximum Gasteiger partial charge on any atom is 0.307 e. The second-order valence-corrected chi connectivity index (χ2v) is 4.27. The number of hydrogen-bond acceptors (Lipinski definition) is 3. The molecule has 0 radical (unpaired) electrons. The van der Waals surface area contributed by atoms with Crippen LogP contribution in [0.3, 0.4) is 0 Å². The van der Waals surface area contributed by atoms with Gasteiger partial charge in [-0.15, -0.1) is 0 Å². The average Bonchev–Trinajstić information content (AvgIpc) is 2.74. The predicted octanol–water partition coefficient (Wildman–Crippen LogP) is 0.638. The lowest BCUT2D eigenvalue weighted by Crippen LogP contribution is -2.38. The van der Waals surface area contributed by atoms with Crippen molar-refractivity contribution >= 4 is 11.9 Å². The van der Waals surface area contributed by atoms with E-state index >= 15 is 0 Å². The normalized spacial score (nSPS) is 26.4. The number of methoxy groups -OCH3 is 1. The smallest absolute Gasteiger partial charge is 0.307 e. The second-order valence-electron chi connectivity index (χ2n) is 4.27. The number of carboxylic acids is 1. The Morgan fingerprint density at radius 2 is 2.06 bits per heavy atom. The zero-order valence-electron chi connectivity index (χ0n) is 9.73. The molecule has 0 aromatic rings. The van der Waals surface area contributed by atoms with Gasteiger partial charge >= 0.3 is 5.97 Å². The van der Waals surface area contributed by atoms with Crippen molar-refractivity contribution in [1.82, 2.24) is 5.32 Å². The third-order valence-corrected chi connectivity index (χ3v) is 3.14. The maximum atomic E-state index is 11.8. The second kappa shape index (κ2) is 5.84. The van der Waals surface area contributed by atoms with Gasteiger partial charge in [0.1, 0.15) is 0 Å². The molecule has 0 spiro atoms. The van der Waals surface area contributed by atoms with E-state index < -0.39 is 11.9 Å². The number of carboxylic acid groups (broad SMARTS) is 1. The first-order valence-corrected chi connectivity index (χ1v) is 5.59. The Morgan fingerprint density at radius 3 is 2.62 bits per heavy atom. The van der Waals surface area contributed by atoms with Crippen LogP contribution < -0.4 is 5.32 Å². The van der Waals surface area contributed by atoms with E-state index in [1.54, 1.807) is 7.11 Å². The lowest BCUT2D eigenvalue weighted by molar-refractivity contribution is -0.146. The number of carbonyl (C=O) groups is 2. The van der Waals surface area contributed by atoms with Crippen molar-refractivity contribution in [3.8, 4) is 0 Å². The molecule has 1 aliphatic rings. The van der Waals surface area contributed by atoms with E-state index in [1.165, 1.54) is 0 Å². The Morgan fingerprint density at radius 1 is 1.44 bits per heavy atom. The van der Waals surface area contributed by atoms with Gasteiger partial charge in [-0.3, -0.25) is 9.59 Å². The minimum atomic E-state index is -0.863. The molecule has 0 saturated heterocycles. The SMILES string of the molecule is COC(C)CNC(=O)C1CCCC1C(=O)O. The molecule has 0 heterocycles. The van der Waals surface area contributed by atoms with Gasteiger partial charge in [-0.2, -0.15) is 0 Å². The molecule has 1 rings (SSSR count). The van der Waals surface area contributed by atoms with Crippen LogP contribution in [0.2, 0.25) is 0 Å². The molecule has 5 heteroatoms. The number of rotatable bonds is 5. The standard InChI is InChI=1S/C11H19NO4/c1-7(16-2)6-12-10(13)8-4-3-5-9(8)11(14)15/h7-9H,3-6H2,1-2H3,(H,12,13)(H,14,15). The van der Waals surface area contributed by atoms with Crippen LogP contribution in [0.1, 0.15) is 26.2 Å². The minimum absolute atomic E-state index is 0.0476. The van der Waals surface area contributed by atoms with Gasteiger partial charge in [0, 0.05) is 13.7 Å². The summed E-state index contributed by atoms with van der Waals surface area (Å²) in [6.45, 7) is 2.28. The van der Waals surface area contributed by atoms with Gasteiger partial charge in [0.2, 0.25) is 5.91 Å². The van der Waals surface area contributed by atoms with Crippen molar-refractivity contribution in [1.29, 1.82) is 0 Å². The Kier molecular flexibility index (Phi) is 4.73. The van der Waals surface area contributed by atoms with Crippen LogP contribution in [-0.4, -0.2) is 36.7 Å². The Labute approximate surface area is 95.2 Å². The van der Waals surface area contributed by atoms with Crippen molar-refractivity contribution in [3.05, 3.63) is 0 Å². The fourth-order valence-corrected chi connectivity index (χ4v) is 2.03. The molecule has 1 saturated carbocycles. The van der Waals surface area contributed by atoms with Gasteiger partial charge in [0.25, 0.3) is 0 Å². The van der Waals surface area contributed by atoms with Gasteiger partial charge in [-0.25, -0.2) is 0 Å². The zero-order valence-corrected chi connectivity index (χ0v) is 9.73. The van der Waals surface area contributed by atoms with E-state index in [9.17, 15) is 9.59 Å². The fraction of sp³-hybridized carbons (Fsp3) is 0.818. The minimum Gasteiger partial charge on any atom is -0.481 e. The number of carbonyl (C=O) groups excluding carboxylic acids is 1. The zero-order chi connectivity index (χ0) is 12.1. The average molecular weight is 229 g/mol. The molecule has 16 heavy (non-hydrogen) atoms. The van der Waals surface area contributed by atoms with Crippen molar-refractivity contribution in [2.45, 2.75) is 32.3 Å². The maximum absolute atomic E-state index is 11.8. The molecule has 2 N–H and O–H groups in total. The molecule has 3 unspecified atom stereocenters. The number of ether oxygens (including phenoxy) is 1. The lowest BCUT2D eigenvalue weighted by Gasteiger charge is -2.17. The molecule has 1 aliphatic carbocycles. The van der Waals surface area contributed by atoms with Crippen LogP contribution in [0.15, 0.2) is 0 Å². The number of hydrogen-bond donors (Lipinski definition) is 2. The van der Waals surface area contributed by atoms with Crippen LogP contribution in [0.4, 0.5) is 0 Å². The summed E-state index contributed by atoms with van der Waals surface area (Å²) in [4.78, 5) is 22.7. The highest BCUT2D eigenvalue weighted by Crippen LogP contribution is 2.31. The third kappa shape index (κ3) is 3.20. The summed E-state index contributed by atoms with van der Waals surface area (Å²) in [5.41, 5.74) is 0. The first kappa shape index (κ1) is 13.0. The first-order valence-electron chi connectivity index (χ1n) is 5.59. The highest BCUT2D eigenvalue weighted by Gasteiger charge is 2.37. The van der Waals surface area contributed by atoms with E-state index in [4.69, 9.17) is 9.84 Å². The highest BCUT2D eigenvalue weighted by atomic mass is 16.5. The monoisotopic (exact) mass is 229 g/mol. The molecule has 1 fully saturated rings.